The Balaban J connectivity index is -0.0000000200. The number of rotatable bonds is 0. The van der Waals surface area contributed by atoms with Gasteiger partial charge in [-0.3, -0.25) is 0 Å². The SMILES string of the molecule is ClCCl.[Cl-].[Na+]. The molecular weight excluding hydrogens is 141 g/mol. The van der Waals surface area contributed by atoms with Gasteiger partial charge in [0.05, 0.1) is 5.34 Å². The van der Waals surface area contributed by atoms with E-state index >= 15 is 0 Å². The number of hydrogen-bond acceptors (Lipinski definition) is 0. The van der Waals surface area contributed by atoms with E-state index in [1.165, 1.54) is 0 Å². The summed E-state index contributed by atoms with van der Waals surface area (Å²) in [5.74, 6) is 0. The molecule has 0 saturated carbocycles. The number of hydrogen-bond donors (Lipinski definition) is 0. The van der Waals surface area contributed by atoms with Crippen molar-refractivity contribution < 1.29 is 42.0 Å². The summed E-state index contributed by atoms with van der Waals surface area (Å²) in [6.07, 6.45) is 0. The van der Waals surface area contributed by atoms with E-state index in [2.05, 4.69) is 0 Å². The van der Waals surface area contributed by atoms with Crippen LogP contribution in [0.15, 0.2) is 0 Å². The Labute approximate surface area is 69.9 Å². The normalized spacial score (nSPS) is 3.60. The van der Waals surface area contributed by atoms with Crippen LogP contribution in [0.4, 0.5) is 0 Å². The maximum atomic E-state index is 4.76. The van der Waals surface area contributed by atoms with E-state index in [1.54, 1.807) is 0 Å². The van der Waals surface area contributed by atoms with Gasteiger partial charge in [-0.05, 0) is 0 Å². The minimum atomic E-state index is 0. The van der Waals surface area contributed by atoms with Gasteiger partial charge in [0.25, 0.3) is 0 Å². The van der Waals surface area contributed by atoms with Crippen molar-refractivity contribution in [2.75, 3.05) is 5.34 Å². The molecule has 0 N–H and O–H groups in total. The first-order chi connectivity index (χ1) is 1.41. The fraction of sp³-hybridized carbons (Fsp3) is 1.00. The molecule has 0 aliphatic carbocycles. The molecule has 0 radical (unpaired) electrons. The van der Waals surface area contributed by atoms with Gasteiger partial charge < -0.3 is 12.4 Å². The molecule has 0 amide bonds. The van der Waals surface area contributed by atoms with E-state index in [4.69, 9.17) is 23.2 Å². The second-order valence-electron chi connectivity index (χ2n) is 0.101. The van der Waals surface area contributed by atoms with Crippen LogP contribution in [-0.2, 0) is 0 Å². The molecule has 0 heterocycles. The van der Waals surface area contributed by atoms with Crippen LogP contribution in [0.2, 0.25) is 0 Å². The van der Waals surface area contributed by atoms with E-state index in [1.807, 2.05) is 0 Å². The van der Waals surface area contributed by atoms with Crippen molar-refractivity contribution in [3.05, 3.63) is 0 Å². The zero-order valence-corrected chi connectivity index (χ0v) is 7.11. The van der Waals surface area contributed by atoms with Gasteiger partial charge in [-0.2, -0.15) is 0 Å². The predicted molar refractivity (Wildman–Crippen MR) is 16.6 cm³/mol. The van der Waals surface area contributed by atoms with Gasteiger partial charge in [0, 0.05) is 0 Å². The number of alkyl halides is 2. The first-order valence-corrected chi connectivity index (χ1v) is 1.60. The van der Waals surface area contributed by atoms with Crippen LogP contribution in [0, 0.1) is 0 Å². The average Bonchev–Trinajstić information content (AvgIpc) is 0.918. The molecule has 0 unspecified atom stereocenters. The Morgan fingerprint density at radius 2 is 1.20 bits per heavy atom. The second kappa shape index (κ2) is 16.9. The molecule has 0 nitrogen and oxygen atoms in total. The fourth-order valence-corrected chi connectivity index (χ4v) is 0. The van der Waals surface area contributed by atoms with Gasteiger partial charge in [0.2, 0.25) is 0 Å². The third-order valence-electron chi connectivity index (χ3n) is 0. The van der Waals surface area contributed by atoms with Crippen LogP contribution in [0.1, 0.15) is 0 Å². The smallest absolute Gasteiger partial charge is 1.00 e. The molecule has 0 spiro atoms. The summed E-state index contributed by atoms with van der Waals surface area (Å²) in [6.45, 7) is 0. The summed E-state index contributed by atoms with van der Waals surface area (Å²) in [6, 6.07) is 0. The molecule has 0 saturated heterocycles. The molecule has 0 rings (SSSR count). The van der Waals surface area contributed by atoms with Gasteiger partial charge >= 0.3 is 29.6 Å². The maximum Gasteiger partial charge on any atom is 1.00 e. The van der Waals surface area contributed by atoms with Crippen molar-refractivity contribution in [1.29, 1.82) is 0 Å². The van der Waals surface area contributed by atoms with Crippen LogP contribution in [0.5, 0.6) is 0 Å². The van der Waals surface area contributed by atoms with Crippen molar-refractivity contribution in [1.82, 2.24) is 0 Å². The van der Waals surface area contributed by atoms with Crippen molar-refractivity contribution in [3.63, 3.8) is 0 Å². The van der Waals surface area contributed by atoms with Gasteiger partial charge in [0.15, 0.2) is 0 Å². The molecule has 0 atom stereocenters. The first-order valence-electron chi connectivity index (χ1n) is 0.535. The van der Waals surface area contributed by atoms with E-state index in [0.29, 0.717) is 0 Å². The van der Waals surface area contributed by atoms with Crippen LogP contribution < -0.4 is 42.0 Å². The van der Waals surface area contributed by atoms with Crippen molar-refractivity contribution in [2.24, 2.45) is 0 Å². The van der Waals surface area contributed by atoms with Crippen molar-refractivity contribution in [3.8, 4) is 0 Å². The molecule has 0 fully saturated rings. The molecule has 0 aromatic heterocycles. The fourth-order valence-electron chi connectivity index (χ4n) is 0. The molecular formula is CH2Cl3Na. The molecule has 28 valence electrons. The molecule has 0 aromatic rings. The molecule has 0 aliphatic rings. The van der Waals surface area contributed by atoms with Crippen LogP contribution in [-0.4, -0.2) is 5.34 Å². The van der Waals surface area contributed by atoms with E-state index in [0.717, 1.165) is 0 Å². The van der Waals surface area contributed by atoms with Crippen LogP contribution >= 0.6 is 23.2 Å². The van der Waals surface area contributed by atoms with Crippen LogP contribution in [0.25, 0.3) is 0 Å². The summed E-state index contributed by atoms with van der Waals surface area (Å²) in [5.41, 5.74) is 0. The van der Waals surface area contributed by atoms with Gasteiger partial charge in [-0.25, -0.2) is 0 Å². The monoisotopic (exact) mass is 142 g/mol. The Hall–Kier alpha value is 1.87. The molecule has 4 heteroatoms. The Morgan fingerprint density at radius 3 is 1.20 bits per heavy atom. The third-order valence-corrected chi connectivity index (χ3v) is 0. The minimum Gasteiger partial charge on any atom is -1.00 e. The van der Waals surface area contributed by atoms with E-state index in [-0.39, 0.29) is 47.3 Å². The quantitative estimate of drug-likeness (QED) is 0.237. The molecule has 0 aromatic carbocycles. The number of halogens is 3. The van der Waals surface area contributed by atoms with Gasteiger partial charge in [-0.1, -0.05) is 0 Å². The summed E-state index contributed by atoms with van der Waals surface area (Å²) >= 11 is 9.53. The minimum absolute atomic E-state index is 0. The Bertz CT molecular complexity index is 6.85. The largest absolute Gasteiger partial charge is 1.00 e. The topological polar surface area (TPSA) is 0 Å². The van der Waals surface area contributed by atoms with Crippen molar-refractivity contribution in [2.45, 2.75) is 0 Å². The molecule has 5 heavy (non-hydrogen) atoms. The van der Waals surface area contributed by atoms with E-state index < -0.39 is 0 Å². The first kappa shape index (κ1) is 15.8. The summed E-state index contributed by atoms with van der Waals surface area (Å²) in [5, 5.41) is 0.194. The Morgan fingerprint density at radius 1 is 1.20 bits per heavy atom. The zero-order valence-electron chi connectivity index (χ0n) is 2.84. The van der Waals surface area contributed by atoms with E-state index in [9.17, 15) is 0 Å². The summed E-state index contributed by atoms with van der Waals surface area (Å²) in [7, 11) is 0. The van der Waals surface area contributed by atoms with Gasteiger partial charge in [-0.15, -0.1) is 23.2 Å². The molecule has 0 aliphatic heterocycles. The Kier molecular flexibility index (Phi) is 53.4. The predicted octanol–water partition coefficient (Wildman–Crippen LogP) is -4.57. The van der Waals surface area contributed by atoms with Crippen molar-refractivity contribution >= 4 is 23.2 Å². The zero-order chi connectivity index (χ0) is 2.71. The molecule has 0 bridgehead atoms. The average molecular weight is 143 g/mol. The third kappa shape index (κ3) is 25.1. The summed E-state index contributed by atoms with van der Waals surface area (Å²) in [4.78, 5) is 0. The van der Waals surface area contributed by atoms with Crippen LogP contribution in [0.3, 0.4) is 0 Å². The second-order valence-corrected chi connectivity index (χ2v) is 0.909. The van der Waals surface area contributed by atoms with Gasteiger partial charge in [0.1, 0.15) is 0 Å². The maximum absolute atomic E-state index is 4.76. The summed E-state index contributed by atoms with van der Waals surface area (Å²) < 4.78 is 0. The standard InChI is InChI=1S/CH2Cl2.ClH.Na/c2-1-3;;/h1H2;1H;/q;;+1/p-1.